The van der Waals surface area contributed by atoms with Gasteiger partial charge in [-0.1, -0.05) is 12.5 Å². The number of nitrogens with one attached hydrogen (secondary N) is 1. The van der Waals surface area contributed by atoms with E-state index in [0.717, 1.165) is 24.2 Å². The highest BCUT2D eigenvalue weighted by molar-refractivity contribution is 7.98. The molecule has 0 radical (unpaired) electrons. The van der Waals surface area contributed by atoms with Crippen LogP contribution in [0.2, 0.25) is 0 Å². The summed E-state index contributed by atoms with van der Waals surface area (Å²) in [5.41, 5.74) is 5.37. The number of hydrogen-bond donors (Lipinski definition) is 2. The normalized spacial score (nSPS) is 18.4. The maximum atomic E-state index is 13.0. The zero-order valence-electron chi connectivity index (χ0n) is 14.3. The van der Waals surface area contributed by atoms with E-state index >= 15 is 0 Å². The summed E-state index contributed by atoms with van der Waals surface area (Å²) < 4.78 is 27.6. The van der Waals surface area contributed by atoms with Crippen molar-refractivity contribution in [1.82, 2.24) is 9.62 Å². The third kappa shape index (κ3) is 5.86. The number of sulfonamides is 1. The van der Waals surface area contributed by atoms with E-state index in [-0.39, 0.29) is 30.8 Å². The highest BCUT2D eigenvalue weighted by Crippen LogP contribution is 2.27. The van der Waals surface area contributed by atoms with Gasteiger partial charge in [0.2, 0.25) is 15.9 Å². The van der Waals surface area contributed by atoms with E-state index in [0.29, 0.717) is 24.5 Å². The van der Waals surface area contributed by atoms with Gasteiger partial charge in [-0.2, -0.15) is 4.31 Å². The Balaban J connectivity index is 0.00000312. The van der Waals surface area contributed by atoms with Gasteiger partial charge in [-0.3, -0.25) is 4.79 Å². The fraction of sp³-hybridized carbons (Fsp3) is 0.562. The highest BCUT2D eigenvalue weighted by Gasteiger charge is 2.33. The molecule has 6 nitrogen and oxygen atoms in total. The SMILES string of the molecule is CSc1cccc(S(=O)(=O)N2CCCCC2CNC(=O)CCN)c1.Cl. The Morgan fingerprint density at radius 1 is 1.40 bits per heavy atom. The van der Waals surface area contributed by atoms with Crippen molar-refractivity contribution in [2.75, 3.05) is 25.9 Å². The van der Waals surface area contributed by atoms with Crippen LogP contribution in [0.3, 0.4) is 0 Å². The Kier molecular flexibility index (Phi) is 9.23. The molecular formula is C16H26ClN3O3S2. The summed E-state index contributed by atoms with van der Waals surface area (Å²) in [5, 5.41) is 2.80. The molecule has 1 unspecified atom stereocenters. The minimum Gasteiger partial charge on any atom is -0.354 e. The van der Waals surface area contributed by atoms with Crippen LogP contribution in [-0.2, 0) is 14.8 Å². The van der Waals surface area contributed by atoms with E-state index in [2.05, 4.69) is 5.32 Å². The predicted molar refractivity (Wildman–Crippen MR) is 104 cm³/mol. The number of thioether (sulfide) groups is 1. The van der Waals surface area contributed by atoms with Crippen LogP contribution in [0.1, 0.15) is 25.7 Å². The van der Waals surface area contributed by atoms with E-state index < -0.39 is 10.0 Å². The summed E-state index contributed by atoms with van der Waals surface area (Å²) in [6.45, 7) is 1.11. The third-order valence-corrected chi connectivity index (χ3v) is 6.80. The number of carbonyl (C=O) groups excluding carboxylic acids is 1. The number of benzene rings is 1. The molecule has 1 saturated heterocycles. The number of hydrogen-bond acceptors (Lipinski definition) is 5. The smallest absolute Gasteiger partial charge is 0.243 e. The number of amides is 1. The van der Waals surface area contributed by atoms with Crippen LogP contribution in [0.4, 0.5) is 0 Å². The van der Waals surface area contributed by atoms with Gasteiger partial charge in [-0.25, -0.2) is 8.42 Å². The first-order chi connectivity index (χ1) is 11.5. The molecule has 1 fully saturated rings. The molecular weight excluding hydrogens is 382 g/mol. The summed E-state index contributed by atoms with van der Waals surface area (Å²) in [4.78, 5) is 12.9. The minimum absolute atomic E-state index is 0. The number of nitrogens with two attached hydrogens (primary N) is 1. The molecule has 0 spiro atoms. The van der Waals surface area contributed by atoms with Gasteiger partial charge in [0.25, 0.3) is 0 Å². The molecule has 1 aromatic carbocycles. The van der Waals surface area contributed by atoms with Crippen LogP contribution >= 0.6 is 24.2 Å². The second kappa shape index (κ2) is 10.4. The van der Waals surface area contributed by atoms with E-state index in [4.69, 9.17) is 5.73 Å². The molecule has 9 heteroatoms. The van der Waals surface area contributed by atoms with Gasteiger partial charge in [0.15, 0.2) is 0 Å². The topological polar surface area (TPSA) is 92.5 Å². The summed E-state index contributed by atoms with van der Waals surface area (Å²) >= 11 is 1.51. The lowest BCUT2D eigenvalue weighted by Crippen LogP contribution is -2.49. The van der Waals surface area contributed by atoms with Gasteiger partial charge < -0.3 is 11.1 Å². The Labute approximate surface area is 160 Å². The van der Waals surface area contributed by atoms with Gasteiger partial charge >= 0.3 is 0 Å². The van der Waals surface area contributed by atoms with Crippen molar-refractivity contribution in [3.63, 3.8) is 0 Å². The average molecular weight is 408 g/mol. The van der Waals surface area contributed by atoms with E-state index in [1.165, 1.54) is 11.8 Å². The summed E-state index contributed by atoms with van der Waals surface area (Å²) in [7, 11) is -3.56. The fourth-order valence-electron chi connectivity index (χ4n) is 2.84. The molecule has 0 saturated carbocycles. The van der Waals surface area contributed by atoms with Crippen molar-refractivity contribution >= 4 is 40.1 Å². The molecule has 142 valence electrons. The minimum atomic E-state index is -3.56. The van der Waals surface area contributed by atoms with Crippen LogP contribution in [-0.4, -0.2) is 50.6 Å². The molecule has 0 aromatic heterocycles. The molecule has 1 amide bonds. The first-order valence-corrected chi connectivity index (χ1v) is 10.8. The quantitative estimate of drug-likeness (QED) is 0.673. The van der Waals surface area contributed by atoms with Crippen molar-refractivity contribution < 1.29 is 13.2 Å². The van der Waals surface area contributed by atoms with Crippen LogP contribution in [0.25, 0.3) is 0 Å². The van der Waals surface area contributed by atoms with E-state index in [1.807, 2.05) is 12.3 Å². The van der Waals surface area contributed by atoms with Crippen LogP contribution in [0.15, 0.2) is 34.1 Å². The van der Waals surface area contributed by atoms with Crippen LogP contribution in [0, 0.1) is 0 Å². The molecule has 1 atom stereocenters. The highest BCUT2D eigenvalue weighted by atomic mass is 35.5. The monoisotopic (exact) mass is 407 g/mol. The lowest BCUT2D eigenvalue weighted by atomic mass is 10.1. The van der Waals surface area contributed by atoms with Crippen molar-refractivity contribution in [3.8, 4) is 0 Å². The van der Waals surface area contributed by atoms with Crippen molar-refractivity contribution in [2.45, 2.75) is 41.5 Å². The van der Waals surface area contributed by atoms with Gasteiger partial charge in [-0.05, 0) is 37.3 Å². The summed E-state index contributed by atoms with van der Waals surface area (Å²) in [5.74, 6) is -0.134. The Bertz CT molecular complexity index is 670. The number of piperidine rings is 1. The second-order valence-electron chi connectivity index (χ2n) is 5.79. The lowest BCUT2D eigenvalue weighted by Gasteiger charge is -2.34. The predicted octanol–water partition coefficient (Wildman–Crippen LogP) is 1.84. The molecule has 1 aromatic rings. The number of carbonyl (C=O) groups is 1. The molecule has 25 heavy (non-hydrogen) atoms. The molecule has 3 N–H and O–H groups in total. The van der Waals surface area contributed by atoms with Crippen molar-refractivity contribution in [1.29, 1.82) is 0 Å². The zero-order chi connectivity index (χ0) is 17.6. The van der Waals surface area contributed by atoms with Crippen molar-refractivity contribution in [2.24, 2.45) is 5.73 Å². The maximum absolute atomic E-state index is 13.0. The van der Waals surface area contributed by atoms with Crippen molar-refractivity contribution in [3.05, 3.63) is 24.3 Å². The van der Waals surface area contributed by atoms with Gasteiger partial charge in [0.05, 0.1) is 4.90 Å². The van der Waals surface area contributed by atoms with E-state index in [1.54, 1.807) is 22.5 Å². The molecule has 0 bridgehead atoms. The van der Waals surface area contributed by atoms with Crippen LogP contribution in [0.5, 0.6) is 0 Å². The Morgan fingerprint density at radius 2 is 2.16 bits per heavy atom. The lowest BCUT2D eigenvalue weighted by molar-refractivity contribution is -0.121. The second-order valence-corrected chi connectivity index (χ2v) is 8.56. The first kappa shape index (κ1) is 22.2. The molecule has 1 heterocycles. The number of halogens is 1. The summed E-state index contributed by atoms with van der Waals surface area (Å²) in [6.07, 6.45) is 4.74. The third-order valence-electron chi connectivity index (χ3n) is 4.13. The maximum Gasteiger partial charge on any atom is 0.243 e. The average Bonchev–Trinajstić information content (AvgIpc) is 2.60. The Hall–Kier alpha value is -0.800. The van der Waals surface area contributed by atoms with Crippen LogP contribution < -0.4 is 11.1 Å². The number of rotatable bonds is 7. The molecule has 1 aliphatic rings. The van der Waals surface area contributed by atoms with Gasteiger partial charge in [0.1, 0.15) is 0 Å². The fourth-order valence-corrected chi connectivity index (χ4v) is 5.12. The number of nitrogens with zero attached hydrogens (tertiary/aromatic N) is 1. The summed E-state index contributed by atoms with van der Waals surface area (Å²) in [6, 6.07) is 6.79. The van der Waals surface area contributed by atoms with Gasteiger partial charge in [-0.15, -0.1) is 24.2 Å². The van der Waals surface area contributed by atoms with Gasteiger partial charge in [0, 0.05) is 37.0 Å². The molecule has 1 aliphatic heterocycles. The van der Waals surface area contributed by atoms with E-state index in [9.17, 15) is 13.2 Å². The molecule has 2 rings (SSSR count). The standard InChI is InChI=1S/C16H25N3O3S2.ClH/c1-23-14-6-4-7-15(11-14)24(21,22)19-10-3-2-5-13(19)12-18-16(20)8-9-17;/h4,6-7,11,13H,2-3,5,8-10,12,17H2,1H3,(H,18,20);1H. The Morgan fingerprint density at radius 3 is 2.84 bits per heavy atom. The zero-order valence-corrected chi connectivity index (χ0v) is 16.8. The first-order valence-electron chi connectivity index (χ1n) is 8.11. The molecule has 0 aliphatic carbocycles. The largest absolute Gasteiger partial charge is 0.354 e.